The number of carbonyl (C=O) groups is 1. The molecule has 0 atom stereocenters. The van der Waals surface area contributed by atoms with Gasteiger partial charge in [-0.1, -0.05) is 12.1 Å². The molecule has 1 aliphatic carbocycles. The highest BCUT2D eigenvalue weighted by molar-refractivity contribution is 6.12. The molecule has 34 heavy (non-hydrogen) atoms. The number of pyridine rings is 1. The summed E-state index contributed by atoms with van der Waals surface area (Å²) in [5.74, 6) is 0.0991. The summed E-state index contributed by atoms with van der Waals surface area (Å²) >= 11 is 0. The number of amides is 1. The summed E-state index contributed by atoms with van der Waals surface area (Å²) in [4.78, 5) is 64.1. The van der Waals surface area contributed by atoms with Crippen LogP contribution in [0.1, 0.15) is 47.4 Å². The van der Waals surface area contributed by atoms with Crippen molar-refractivity contribution in [1.82, 2.24) is 24.5 Å². The Morgan fingerprint density at radius 2 is 1.91 bits per heavy atom. The van der Waals surface area contributed by atoms with E-state index in [2.05, 4.69) is 25.3 Å². The summed E-state index contributed by atoms with van der Waals surface area (Å²) in [6.45, 7) is 3.81. The molecule has 10 nitrogen and oxygen atoms in total. The monoisotopic (exact) mass is 458 g/mol. The van der Waals surface area contributed by atoms with Crippen molar-refractivity contribution in [2.75, 3.05) is 5.32 Å². The molecule has 1 aromatic carbocycles. The van der Waals surface area contributed by atoms with Crippen LogP contribution in [-0.2, 0) is 6.54 Å². The van der Waals surface area contributed by atoms with Gasteiger partial charge in [0.2, 0.25) is 0 Å². The highest BCUT2D eigenvalue weighted by atomic mass is 16.2. The molecule has 10 heteroatoms. The van der Waals surface area contributed by atoms with E-state index in [1.54, 1.807) is 44.2 Å². The van der Waals surface area contributed by atoms with Crippen LogP contribution in [0.3, 0.4) is 0 Å². The van der Waals surface area contributed by atoms with Gasteiger partial charge in [-0.2, -0.15) is 0 Å². The molecule has 3 aromatic heterocycles. The Hall–Kier alpha value is -4.34. The van der Waals surface area contributed by atoms with Crippen LogP contribution in [0.15, 0.2) is 50.8 Å². The first-order chi connectivity index (χ1) is 16.3. The number of aryl methyl sites for hydroxylation is 2. The van der Waals surface area contributed by atoms with Crippen molar-refractivity contribution in [3.05, 3.63) is 84.5 Å². The van der Waals surface area contributed by atoms with Gasteiger partial charge < -0.3 is 10.3 Å². The van der Waals surface area contributed by atoms with Crippen LogP contribution < -0.4 is 22.1 Å². The summed E-state index contributed by atoms with van der Waals surface area (Å²) in [7, 11) is 0. The van der Waals surface area contributed by atoms with Crippen LogP contribution in [0.2, 0.25) is 0 Å². The number of carbonyl (C=O) groups excluding carboxylic acids is 1. The lowest BCUT2D eigenvalue weighted by molar-refractivity contribution is 0.102. The summed E-state index contributed by atoms with van der Waals surface area (Å²) in [5.41, 5.74) is 1.24. The molecule has 0 spiro atoms. The van der Waals surface area contributed by atoms with Gasteiger partial charge in [-0.05, 0) is 44.9 Å². The highest BCUT2D eigenvalue weighted by Crippen LogP contribution is 2.40. The van der Waals surface area contributed by atoms with Crippen LogP contribution in [0, 0.1) is 6.92 Å². The predicted octanol–water partition coefficient (Wildman–Crippen LogP) is 2.29. The predicted molar refractivity (Wildman–Crippen MR) is 127 cm³/mol. The molecule has 1 fully saturated rings. The van der Waals surface area contributed by atoms with Gasteiger partial charge in [0.1, 0.15) is 5.82 Å². The Kier molecular flexibility index (Phi) is 5.20. The van der Waals surface area contributed by atoms with Crippen molar-refractivity contribution < 1.29 is 4.79 Å². The van der Waals surface area contributed by atoms with E-state index in [-0.39, 0.29) is 28.1 Å². The Morgan fingerprint density at radius 1 is 1.12 bits per heavy atom. The zero-order chi connectivity index (χ0) is 24.0. The van der Waals surface area contributed by atoms with Crippen LogP contribution in [0.5, 0.6) is 0 Å². The number of hydrogen-bond donors (Lipinski definition) is 3. The Bertz CT molecular complexity index is 1630. The maximum Gasteiger partial charge on any atom is 0.329 e. The largest absolute Gasteiger partial charge is 0.329 e. The summed E-state index contributed by atoms with van der Waals surface area (Å²) in [6, 6.07) is 9.92. The van der Waals surface area contributed by atoms with Crippen LogP contribution in [0.25, 0.3) is 22.4 Å². The van der Waals surface area contributed by atoms with Crippen molar-refractivity contribution in [1.29, 1.82) is 0 Å². The molecule has 3 N–H and O–H groups in total. The lowest BCUT2D eigenvalue weighted by Crippen LogP contribution is -2.32. The van der Waals surface area contributed by atoms with Gasteiger partial charge in [-0.3, -0.25) is 23.9 Å². The van der Waals surface area contributed by atoms with Gasteiger partial charge in [-0.25, -0.2) is 14.8 Å². The van der Waals surface area contributed by atoms with Crippen molar-refractivity contribution in [3.63, 3.8) is 0 Å². The number of benzene rings is 1. The number of fused-ring (bicyclic) bond motifs is 1. The molecule has 0 bridgehead atoms. The van der Waals surface area contributed by atoms with E-state index in [1.807, 2.05) is 0 Å². The normalized spacial score (nSPS) is 13.2. The first kappa shape index (κ1) is 21.5. The second kappa shape index (κ2) is 8.22. The highest BCUT2D eigenvalue weighted by Gasteiger charge is 2.28. The van der Waals surface area contributed by atoms with Gasteiger partial charge in [-0.15, -0.1) is 0 Å². The number of anilines is 1. The Labute approximate surface area is 192 Å². The number of hydrogen-bond acceptors (Lipinski definition) is 6. The lowest BCUT2D eigenvalue weighted by atomic mass is 10.1. The number of rotatable bonds is 5. The number of nitrogens with zero attached hydrogens (tertiary/aromatic N) is 3. The second-order valence-corrected chi connectivity index (χ2v) is 8.34. The third-order valence-corrected chi connectivity index (χ3v) is 5.79. The topological polar surface area (TPSA) is 143 Å². The summed E-state index contributed by atoms with van der Waals surface area (Å²) < 4.78 is 1.36. The first-order valence-electron chi connectivity index (χ1n) is 11.0. The molecule has 0 saturated heterocycles. The fourth-order valence-electron chi connectivity index (χ4n) is 4.01. The standard InChI is InChI=1S/C24H22N6O4/c1-3-30-21-19(23(33)29-24(30)34)16(11-17(27-21)13-7-8-13)22(32)26-15-6-4-5-14(10-15)20-25-12(2)9-18(31)28-20/h4-6,9-11,13H,3,7-8H2,1-2H3,(H,26,32)(H,25,28,31)(H,29,33,34). The van der Waals surface area contributed by atoms with E-state index < -0.39 is 17.2 Å². The second-order valence-electron chi connectivity index (χ2n) is 8.34. The fraction of sp³-hybridized carbons (Fsp3) is 0.250. The molecular formula is C24H22N6O4. The van der Waals surface area contributed by atoms with E-state index >= 15 is 0 Å². The smallest absolute Gasteiger partial charge is 0.322 e. The zero-order valence-corrected chi connectivity index (χ0v) is 18.6. The number of nitrogens with one attached hydrogen (secondary N) is 3. The van der Waals surface area contributed by atoms with E-state index in [0.717, 1.165) is 12.8 Å². The van der Waals surface area contributed by atoms with Crippen LogP contribution in [0.4, 0.5) is 5.69 Å². The van der Waals surface area contributed by atoms with Gasteiger partial charge >= 0.3 is 5.69 Å². The van der Waals surface area contributed by atoms with Gasteiger partial charge in [0.05, 0.1) is 10.9 Å². The Morgan fingerprint density at radius 3 is 2.62 bits per heavy atom. The summed E-state index contributed by atoms with van der Waals surface area (Å²) in [5, 5.41) is 2.90. The molecule has 1 saturated carbocycles. The van der Waals surface area contributed by atoms with Crippen molar-refractivity contribution in [3.8, 4) is 11.4 Å². The SMILES string of the molecule is CCn1c(=O)[nH]c(=O)c2c(C(=O)Nc3cccc(-c4nc(C)cc(=O)[nH]4)c3)cc(C3CC3)nc21. The minimum absolute atomic E-state index is 0.0733. The molecule has 1 aliphatic rings. The lowest BCUT2D eigenvalue weighted by Gasteiger charge is -2.13. The molecule has 5 rings (SSSR count). The molecule has 0 aliphatic heterocycles. The molecule has 0 unspecified atom stereocenters. The Balaban J connectivity index is 1.59. The average Bonchev–Trinajstić information content (AvgIpc) is 3.63. The molecule has 1 amide bonds. The first-order valence-corrected chi connectivity index (χ1v) is 11.0. The number of aromatic amines is 2. The quantitative estimate of drug-likeness (QED) is 0.419. The van der Waals surface area contributed by atoms with E-state index in [9.17, 15) is 19.2 Å². The van der Waals surface area contributed by atoms with E-state index in [0.29, 0.717) is 35.0 Å². The number of aromatic nitrogens is 5. The van der Waals surface area contributed by atoms with Crippen LogP contribution in [-0.4, -0.2) is 30.4 Å². The van der Waals surface area contributed by atoms with Gasteiger partial charge in [0, 0.05) is 41.2 Å². The third-order valence-electron chi connectivity index (χ3n) is 5.79. The van der Waals surface area contributed by atoms with Crippen molar-refractivity contribution >= 4 is 22.6 Å². The molecule has 0 radical (unpaired) electrons. The maximum absolute atomic E-state index is 13.4. The van der Waals surface area contributed by atoms with E-state index in [1.165, 1.54) is 10.6 Å². The fourth-order valence-corrected chi connectivity index (χ4v) is 4.01. The van der Waals surface area contributed by atoms with Gasteiger partial charge in [0.15, 0.2) is 5.65 Å². The van der Waals surface area contributed by atoms with Gasteiger partial charge in [0.25, 0.3) is 17.0 Å². The van der Waals surface area contributed by atoms with Crippen molar-refractivity contribution in [2.24, 2.45) is 0 Å². The molecule has 3 heterocycles. The third kappa shape index (κ3) is 3.94. The van der Waals surface area contributed by atoms with Crippen LogP contribution >= 0.6 is 0 Å². The maximum atomic E-state index is 13.4. The minimum Gasteiger partial charge on any atom is -0.322 e. The van der Waals surface area contributed by atoms with E-state index in [4.69, 9.17) is 0 Å². The number of H-pyrrole nitrogens is 2. The minimum atomic E-state index is -0.653. The molecular weight excluding hydrogens is 436 g/mol. The zero-order valence-electron chi connectivity index (χ0n) is 18.6. The average molecular weight is 458 g/mol. The molecule has 4 aromatic rings. The summed E-state index contributed by atoms with van der Waals surface area (Å²) in [6.07, 6.45) is 1.89. The van der Waals surface area contributed by atoms with Crippen molar-refractivity contribution in [2.45, 2.75) is 39.2 Å². The molecule has 172 valence electrons.